The Balaban J connectivity index is 1.49. The van der Waals surface area contributed by atoms with Gasteiger partial charge in [-0.2, -0.15) is 0 Å². The molecule has 0 aromatic heterocycles. The molecule has 4 saturated carbocycles. The summed E-state index contributed by atoms with van der Waals surface area (Å²) in [4.78, 5) is 0. The van der Waals surface area contributed by atoms with E-state index in [4.69, 9.17) is 4.74 Å². The summed E-state index contributed by atoms with van der Waals surface area (Å²) in [5.41, 5.74) is 3.32. The van der Waals surface area contributed by atoms with E-state index < -0.39 is 0 Å². The number of methoxy groups -OCH3 is 1. The summed E-state index contributed by atoms with van der Waals surface area (Å²) in [5, 5.41) is 10.9. The summed E-state index contributed by atoms with van der Waals surface area (Å²) in [6.45, 7) is 17.7. The molecule has 5 aliphatic rings. The number of fused-ring (bicyclic) bond motifs is 6. The van der Waals surface area contributed by atoms with Crippen molar-refractivity contribution in [1.29, 1.82) is 0 Å². The largest absolute Gasteiger partial charge is 0.393 e. The normalized spacial score (nSPS) is 52.9. The molecule has 0 spiro atoms. The second-order valence-electron chi connectivity index (χ2n) is 15.1. The first-order valence-electron chi connectivity index (χ1n) is 14.2. The van der Waals surface area contributed by atoms with E-state index >= 15 is 0 Å². The monoisotopic (exact) mass is 456 g/mol. The van der Waals surface area contributed by atoms with Gasteiger partial charge in [0.2, 0.25) is 0 Å². The average molecular weight is 457 g/mol. The standard InChI is InChI=1S/C31H52O2/c1-27(2)22-11-9-20-19-29(5)16-13-23-28(3,4)26(33-8)15-18-31(23,7)24(29)12-10-21(20)30(22,6)17-14-25(27)32/h9,21-26,32H,10-19H2,1-8H3/t21-,22-,23?,24?,25+,26-,29-,30+,31-/m0/s1. The molecule has 0 saturated heterocycles. The molecule has 0 heterocycles. The smallest absolute Gasteiger partial charge is 0.0625 e. The molecule has 33 heavy (non-hydrogen) atoms. The van der Waals surface area contributed by atoms with Crippen LogP contribution in [0.5, 0.6) is 0 Å². The summed E-state index contributed by atoms with van der Waals surface area (Å²) in [7, 11) is 1.94. The van der Waals surface area contributed by atoms with E-state index in [1.165, 1.54) is 57.8 Å². The lowest BCUT2D eigenvalue weighted by Crippen LogP contribution is -2.58. The topological polar surface area (TPSA) is 29.5 Å². The van der Waals surface area contributed by atoms with Crippen LogP contribution in [0.1, 0.15) is 113 Å². The summed E-state index contributed by atoms with van der Waals surface area (Å²) < 4.78 is 6.03. The Morgan fingerprint density at radius 1 is 0.758 bits per heavy atom. The van der Waals surface area contributed by atoms with Crippen LogP contribution < -0.4 is 0 Å². The van der Waals surface area contributed by atoms with Gasteiger partial charge in [0, 0.05) is 7.11 Å². The molecule has 0 aromatic carbocycles. The fourth-order valence-electron chi connectivity index (χ4n) is 11.3. The molecule has 2 nitrogen and oxygen atoms in total. The zero-order chi connectivity index (χ0) is 24.0. The molecule has 0 aromatic rings. The number of hydrogen-bond donors (Lipinski definition) is 1. The van der Waals surface area contributed by atoms with Gasteiger partial charge in [0.25, 0.3) is 0 Å². The molecular formula is C31H52O2. The van der Waals surface area contributed by atoms with Crippen molar-refractivity contribution in [3.05, 3.63) is 11.6 Å². The molecule has 2 unspecified atom stereocenters. The van der Waals surface area contributed by atoms with Crippen LogP contribution in [-0.2, 0) is 4.74 Å². The highest BCUT2D eigenvalue weighted by Crippen LogP contribution is 2.70. The van der Waals surface area contributed by atoms with E-state index in [0.29, 0.717) is 28.3 Å². The van der Waals surface area contributed by atoms with Crippen LogP contribution in [0.25, 0.3) is 0 Å². The Morgan fingerprint density at radius 2 is 1.45 bits per heavy atom. The quantitative estimate of drug-likeness (QED) is 0.408. The number of aliphatic hydroxyl groups is 1. The van der Waals surface area contributed by atoms with Crippen LogP contribution in [0.3, 0.4) is 0 Å². The van der Waals surface area contributed by atoms with Crippen LogP contribution >= 0.6 is 0 Å². The SMILES string of the molecule is CO[C@H]1CC[C@@]2(C)C(CC[C@@]3(C)CC4=CC[C@H]5C(C)(C)[C@H](O)CC[C@]5(C)[C@H]4CCC32)C1(C)C. The van der Waals surface area contributed by atoms with E-state index in [1.54, 1.807) is 5.57 Å². The predicted molar refractivity (Wildman–Crippen MR) is 137 cm³/mol. The number of hydrogen-bond acceptors (Lipinski definition) is 2. The Hall–Kier alpha value is -0.340. The first-order valence-corrected chi connectivity index (χ1v) is 14.2. The van der Waals surface area contributed by atoms with Crippen LogP contribution in [0.2, 0.25) is 0 Å². The lowest BCUT2D eigenvalue weighted by Gasteiger charge is -2.64. The average Bonchev–Trinajstić information content (AvgIpc) is 2.88. The summed E-state index contributed by atoms with van der Waals surface area (Å²) in [6, 6.07) is 0. The fraction of sp³-hybridized carbons (Fsp3) is 0.935. The molecular weight excluding hydrogens is 404 g/mol. The second kappa shape index (κ2) is 7.58. The van der Waals surface area contributed by atoms with Crippen molar-refractivity contribution < 1.29 is 9.84 Å². The molecule has 1 N–H and O–H groups in total. The van der Waals surface area contributed by atoms with Crippen LogP contribution in [0, 0.1) is 50.7 Å². The minimum atomic E-state index is -0.144. The maximum absolute atomic E-state index is 10.9. The number of rotatable bonds is 1. The summed E-state index contributed by atoms with van der Waals surface area (Å²) >= 11 is 0. The highest BCUT2D eigenvalue weighted by molar-refractivity contribution is 5.25. The Labute approximate surface area is 204 Å². The third-order valence-electron chi connectivity index (χ3n) is 13.1. The number of aliphatic hydroxyl groups excluding tert-OH is 1. The van der Waals surface area contributed by atoms with Gasteiger partial charge in [0.1, 0.15) is 0 Å². The molecule has 5 aliphatic carbocycles. The van der Waals surface area contributed by atoms with Gasteiger partial charge in [-0.25, -0.2) is 0 Å². The van der Waals surface area contributed by atoms with Crippen LogP contribution in [-0.4, -0.2) is 24.4 Å². The van der Waals surface area contributed by atoms with E-state index in [9.17, 15) is 5.11 Å². The first kappa shape index (κ1) is 24.4. The lowest BCUT2D eigenvalue weighted by atomic mass is 9.42. The molecule has 5 rings (SSSR count). The van der Waals surface area contributed by atoms with Gasteiger partial charge in [-0.1, -0.05) is 60.1 Å². The van der Waals surface area contributed by atoms with E-state index in [0.717, 1.165) is 24.2 Å². The maximum Gasteiger partial charge on any atom is 0.0625 e. The van der Waals surface area contributed by atoms with Crippen molar-refractivity contribution >= 4 is 0 Å². The van der Waals surface area contributed by atoms with Gasteiger partial charge in [0.05, 0.1) is 12.2 Å². The molecule has 4 fully saturated rings. The maximum atomic E-state index is 10.9. The van der Waals surface area contributed by atoms with E-state index in [2.05, 4.69) is 54.5 Å². The highest BCUT2D eigenvalue weighted by Gasteiger charge is 2.63. The van der Waals surface area contributed by atoms with Crippen molar-refractivity contribution in [2.75, 3.05) is 7.11 Å². The zero-order valence-electron chi connectivity index (χ0n) is 23.0. The summed E-state index contributed by atoms with van der Waals surface area (Å²) in [6.07, 6.45) is 15.7. The van der Waals surface area contributed by atoms with Crippen molar-refractivity contribution in [3.8, 4) is 0 Å². The molecule has 2 heteroatoms. The van der Waals surface area contributed by atoms with Gasteiger partial charge in [-0.05, 0) is 115 Å². The Bertz CT molecular complexity index is 810. The van der Waals surface area contributed by atoms with Crippen LogP contribution in [0.15, 0.2) is 11.6 Å². The van der Waals surface area contributed by atoms with Gasteiger partial charge >= 0.3 is 0 Å². The number of ether oxygens (including phenoxy) is 1. The molecule has 0 radical (unpaired) electrons. The molecule has 0 aliphatic heterocycles. The predicted octanol–water partition coefficient (Wildman–Crippen LogP) is 7.79. The highest BCUT2D eigenvalue weighted by atomic mass is 16.5. The van der Waals surface area contributed by atoms with E-state index in [1.807, 2.05) is 7.11 Å². The van der Waals surface area contributed by atoms with Crippen LogP contribution in [0.4, 0.5) is 0 Å². The molecule has 9 atom stereocenters. The van der Waals surface area contributed by atoms with E-state index in [-0.39, 0.29) is 16.9 Å². The van der Waals surface area contributed by atoms with Crippen molar-refractivity contribution in [2.45, 2.75) is 125 Å². The Morgan fingerprint density at radius 3 is 2.15 bits per heavy atom. The lowest BCUT2D eigenvalue weighted by molar-refractivity contribution is -0.178. The van der Waals surface area contributed by atoms with Gasteiger partial charge < -0.3 is 9.84 Å². The molecule has 0 amide bonds. The number of allylic oxidation sites excluding steroid dienone is 2. The Kier molecular flexibility index (Phi) is 5.60. The van der Waals surface area contributed by atoms with Gasteiger partial charge in [0.15, 0.2) is 0 Å². The van der Waals surface area contributed by atoms with Gasteiger partial charge in [-0.15, -0.1) is 0 Å². The first-order chi connectivity index (χ1) is 15.3. The zero-order valence-corrected chi connectivity index (χ0v) is 23.0. The minimum Gasteiger partial charge on any atom is -0.393 e. The molecule has 0 bridgehead atoms. The minimum absolute atomic E-state index is 0.0254. The van der Waals surface area contributed by atoms with Crippen molar-refractivity contribution in [3.63, 3.8) is 0 Å². The third-order valence-corrected chi connectivity index (χ3v) is 13.1. The third kappa shape index (κ3) is 3.24. The summed E-state index contributed by atoms with van der Waals surface area (Å²) in [5.74, 6) is 2.91. The van der Waals surface area contributed by atoms with Crippen molar-refractivity contribution in [1.82, 2.24) is 0 Å². The fourth-order valence-corrected chi connectivity index (χ4v) is 11.3. The second-order valence-corrected chi connectivity index (χ2v) is 15.1. The van der Waals surface area contributed by atoms with Crippen molar-refractivity contribution in [2.24, 2.45) is 50.7 Å². The molecule has 188 valence electrons. The van der Waals surface area contributed by atoms with Gasteiger partial charge in [-0.3, -0.25) is 0 Å².